The third-order valence-corrected chi connectivity index (χ3v) is 2.46. The van der Waals surface area contributed by atoms with E-state index in [1.807, 2.05) is 17.7 Å². The van der Waals surface area contributed by atoms with Crippen molar-refractivity contribution in [2.75, 3.05) is 5.43 Å². The molecule has 0 aliphatic rings. The first kappa shape index (κ1) is 10.6. The number of hydrogen-bond donors (Lipinski definition) is 2. The number of nitrogen functional groups attached to an aromatic ring is 1. The first-order chi connectivity index (χ1) is 7.77. The van der Waals surface area contributed by atoms with Crippen LogP contribution in [0.5, 0.6) is 0 Å². The summed E-state index contributed by atoms with van der Waals surface area (Å²) in [6.45, 7) is 3.97. The highest BCUT2D eigenvalue weighted by atomic mass is 15.3. The summed E-state index contributed by atoms with van der Waals surface area (Å²) in [5.74, 6) is 7.77. The van der Waals surface area contributed by atoms with Crippen LogP contribution in [-0.2, 0) is 6.42 Å². The highest BCUT2D eigenvalue weighted by molar-refractivity contribution is 5.50. The number of aromatic nitrogens is 4. The summed E-state index contributed by atoms with van der Waals surface area (Å²) in [4.78, 5) is 12.6. The van der Waals surface area contributed by atoms with Gasteiger partial charge in [-0.25, -0.2) is 20.8 Å². The van der Waals surface area contributed by atoms with Gasteiger partial charge in [-0.05, 0) is 6.92 Å². The lowest BCUT2D eigenvalue weighted by molar-refractivity contribution is 0.853. The second-order valence-electron chi connectivity index (χ2n) is 3.38. The van der Waals surface area contributed by atoms with Crippen molar-refractivity contribution < 1.29 is 0 Å². The smallest absolute Gasteiger partial charge is 0.148 e. The third-order valence-electron chi connectivity index (χ3n) is 2.46. The molecule has 2 aromatic heterocycles. The zero-order valence-electron chi connectivity index (χ0n) is 9.31. The van der Waals surface area contributed by atoms with Crippen LogP contribution in [0, 0.1) is 6.92 Å². The van der Waals surface area contributed by atoms with E-state index in [9.17, 15) is 0 Å². The largest absolute Gasteiger partial charge is 0.308 e. The van der Waals surface area contributed by atoms with Crippen LogP contribution in [0.4, 0.5) is 5.82 Å². The average molecular weight is 218 g/mol. The fourth-order valence-electron chi connectivity index (χ4n) is 1.62. The third kappa shape index (κ3) is 1.63. The number of rotatable bonds is 3. The van der Waals surface area contributed by atoms with E-state index < -0.39 is 0 Å². The fourth-order valence-corrected chi connectivity index (χ4v) is 1.62. The topological polar surface area (TPSA) is 81.7 Å². The van der Waals surface area contributed by atoms with Crippen LogP contribution < -0.4 is 11.3 Å². The minimum atomic E-state index is 0.626. The average Bonchev–Trinajstić information content (AvgIpc) is 2.77. The molecule has 0 atom stereocenters. The number of imidazole rings is 1. The summed E-state index contributed by atoms with van der Waals surface area (Å²) >= 11 is 0. The summed E-state index contributed by atoms with van der Waals surface area (Å²) < 4.78 is 1.94. The number of aryl methyl sites for hydroxylation is 1. The Balaban J connectivity index is 2.56. The summed E-state index contributed by atoms with van der Waals surface area (Å²) in [7, 11) is 0. The molecular formula is C10H14N6. The molecule has 0 unspecified atom stereocenters. The van der Waals surface area contributed by atoms with E-state index in [1.54, 1.807) is 6.20 Å². The van der Waals surface area contributed by atoms with Crippen LogP contribution in [0.25, 0.3) is 5.82 Å². The van der Waals surface area contributed by atoms with Crippen molar-refractivity contribution in [1.29, 1.82) is 0 Å². The molecule has 6 nitrogen and oxygen atoms in total. The van der Waals surface area contributed by atoms with Gasteiger partial charge in [0.25, 0.3) is 0 Å². The van der Waals surface area contributed by atoms with Crippen LogP contribution in [0.2, 0.25) is 0 Å². The fraction of sp³-hybridized carbons (Fsp3) is 0.300. The van der Waals surface area contributed by atoms with Crippen molar-refractivity contribution in [2.24, 2.45) is 5.84 Å². The SMILES string of the molecule is CCc1nccn1-c1ncnc(NN)c1C. The monoisotopic (exact) mass is 218 g/mol. The second-order valence-corrected chi connectivity index (χ2v) is 3.38. The Morgan fingerprint density at radius 3 is 2.88 bits per heavy atom. The summed E-state index contributed by atoms with van der Waals surface area (Å²) in [5, 5.41) is 0. The molecule has 0 aliphatic heterocycles. The van der Waals surface area contributed by atoms with E-state index in [-0.39, 0.29) is 0 Å². The molecule has 6 heteroatoms. The van der Waals surface area contributed by atoms with E-state index in [0.29, 0.717) is 5.82 Å². The Bertz CT molecular complexity index is 490. The van der Waals surface area contributed by atoms with Crippen molar-refractivity contribution in [3.63, 3.8) is 0 Å². The van der Waals surface area contributed by atoms with Gasteiger partial charge >= 0.3 is 0 Å². The normalized spacial score (nSPS) is 10.4. The molecule has 84 valence electrons. The minimum absolute atomic E-state index is 0.626. The van der Waals surface area contributed by atoms with Crippen molar-refractivity contribution >= 4 is 5.82 Å². The van der Waals surface area contributed by atoms with E-state index in [2.05, 4.69) is 27.3 Å². The van der Waals surface area contributed by atoms with Gasteiger partial charge in [-0.1, -0.05) is 6.92 Å². The first-order valence-electron chi connectivity index (χ1n) is 5.08. The molecule has 0 radical (unpaired) electrons. The minimum Gasteiger partial charge on any atom is -0.308 e. The number of nitrogens with zero attached hydrogens (tertiary/aromatic N) is 4. The van der Waals surface area contributed by atoms with Gasteiger partial charge in [-0.3, -0.25) is 4.57 Å². The van der Waals surface area contributed by atoms with Crippen LogP contribution in [0.15, 0.2) is 18.7 Å². The number of hydrogen-bond acceptors (Lipinski definition) is 5. The lowest BCUT2D eigenvalue weighted by Gasteiger charge is -2.10. The molecule has 2 heterocycles. The van der Waals surface area contributed by atoms with Gasteiger partial charge in [0, 0.05) is 24.4 Å². The van der Waals surface area contributed by atoms with E-state index in [1.165, 1.54) is 6.33 Å². The number of nitrogens with two attached hydrogens (primary N) is 1. The highest BCUT2D eigenvalue weighted by Crippen LogP contribution is 2.17. The molecule has 0 aliphatic carbocycles. The number of hydrazine groups is 1. The van der Waals surface area contributed by atoms with Gasteiger partial charge < -0.3 is 5.43 Å². The summed E-state index contributed by atoms with van der Waals surface area (Å²) in [5.41, 5.74) is 3.45. The molecule has 3 N–H and O–H groups in total. The molecule has 2 rings (SSSR count). The van der Waals surface area contributed by atoms with Gasteiger partial charge in [-0.15, -0.1) is 0 Å². The maximum atomic E-state index is 5.38. The predicted octanol–water partition coefficient (Wildman–Crippen LogP) is 0.819. The molecule has 0 amide bonds. The van der Waals surface area contributed by atoms with Gasteiger partial charge in [0.2, 0.25) is 0 Å². The molecule has 0 fully saturated rings. The van der Waals surface area contributed by atoms with Gasteiger partial charge in [0.15, 0.2) is 0 Å². The first-order valence-corrected chi connectivity index (χ1v) is 5.08. The lowest BCUT2D eigenvalue weighted by Crippen LogP contribution is -2.13. The second kappa shape index (κ2) is 4.28. The molecule has 0 aromatic carbocycles. The zero-order chi connectivity index (χ0) is 11.5. The molecular weight excluding hydrogens is 204 g/mol. The van der Waals surface area contributed by atoms with Crippen molar-refractivity contribution in [3.8, 4) is 5.82 Å². The molecule has 0 bridgehead atoms. The van der Waals surface area contributed by atoms with E-state index >= 15 is 0 Å². The number of anilines is 1. The van der Waals surface area contributed by atoms with Crippen molar-refractivity contribution in [1.82, 2.24) is 19.5 Å². The summed E-state index contributed by atoms with van der Waals surface area (Å²) in [6, 6.07) is 0. The molecule has 0 saturated carbocycles. The highest BCUT2D eigenvalue weighted by Gasteiger charge is 2.10. The summed E-state index contributed by atoms with van der Waals surface area (Å²) in [6.07, 6.45) is 5.98. The van der Waals surface area contributed by atoms with Crippen molar-refractivity contribution in [3.05, 3.63) is 30.1 Å². The van der Waals surface area contributed by atoms with Gasteiger partial charge in [0.05, 0.1) is 0 Å². The molecule has 2 aromatic rings. The quantitative estimate of drug-likeness (QED) is 0.588. The van der Waals surface area contributed by atoms with Gasteiger partial charge in [0.1, 0.15) is 23.8 Å². The van der Waals surface area contributed by atoms with Crippen LogP contribution >= 0.6 is 0 Å². The van der Waals surface area contributed by atoms with Gasteiger partial charge in [-0.2, -0.15) is 0 Å². The standard InChI is InChI=1S/C10H14N6/c1-3-8-12-4-5-16(8)10-7(2)9(15-11)13-6-14-10/h4-6H,3,11H2,1-2H3,(H,13,14,15). The maximum Gasteiger partial charge on any atom is 0.148 e. The van der Waals surface area contributed by atoms with Crippen LogP contribution in [0.3, 0.4) is 0 Å². The van der Waals surface area contributed by atoms with E-state index in [0.717, 1.165) is 23.6 Å². The zero-order valence-corrected chi connectivity index (χ0v) is 9.31. The lowest BCUT2D eigenvalue weighted by atomic mass is 10.3. The van der Waals surface area contributed by atoms with E-state index in [4.69, 9.17) is 5.84 Å². The Hall–Kier alpha value is -1.95. The molecule has 0 spiro atoms. The molecule has 0 saturated heterocycles. The molecule has 16 heavy (non-hydrogen) atoms. The van der Waals surface area contributed by atoms with Crippen LogP contribution in [0.1, 0.15) is 18.3 Å². The predicted molar refractivity (Wildman–Crippen MR) is 61.1 cm³/mol. The Morgan fingerprint density at radius 1 is 1.38 bits per heavy atom. The van der Waals surface area contributed by atoms with Crippen LogP contribution in [-0.4, -0.2) is 19.5 Å². The number of nitrogens with one attached hydrogen (secondary N) is 1. The maximum absolute atomic E-state index is 5.38. The Labute approximate surface area is 93.5 Å². The van der Waals surface area contributed by atoms with Crippen molar-refractivity contribution in [2.45, 2.75) is 20.3 Å². The Kier molecular flexibility index (Phi) is 2.82. The Morgan fingerprint density at radius 2 is 2.19 bits per heavy atom.